The van der Waals surface area contributed by atoms with Gasteiger partial charge >= 0.3 is 0 Å². The lowest BCUT2D eigenvalue weighted by atomic mass is 10.1. The molecule has 0 unspecified atom stereocenters. The standard InChI is InChI=1S/C24H21N3O3/c1-27(15-22-25-20-13-7-5-12-19(20)24(29)26-22)23(28)16-30-21-14-8-6-11-18(21)17-9-3-2-4-10-17/h2-14H,15-16H2,1H3,(H,25,26,29). The summed E-state index contributed by atoms with van der Waals surface area (Å²) in [6.45, 7) is 0.0702. The van der Waals surface area contributed by atoms with E-state index in [4.69, 9.17) is 4.74 Å². The predicted molar refractivity (Wildman–Crippen MR) is 116 cm³/mol. The number of nitrogens with one attached hydrogen (secondary N) is 1. The summed E-state index contributed by atoms with van der Waals surface area (Å²) in [4.78, 5) is 33.5. The third-order valence-electron chi connectivity index (χ3n) is 4.80. The first-order chi connectivity index (χ1) is 14.6. The molecule has 0 aliphatic heterocycles. The minimum absolute atomic E-state index is 0.113. The number of para-hydroxylation sites is 2. The van der Waals surface area contributed by atoms with Gasteiger partial charge in [0.05, 0.1) is 17.4 Å². The second kappa shape index (κ2) is 8.61. The zero-order valence-electron chi connectivity index (χ0n) is 16.5. The van der Waals surface area contributed by atoms with Crippen LogP contribution in [0.2, 0.25) is 0 Å². The molecule has 0 radical (unpaired) electrons. The number of ether oxygens (including phenoxy) is 1. The van der Waals surface area contributed by atoms with Crippen molar-refractivity contribution in [1.29, 1.82) is 0 Å². The third kappa shape index (κ3) is 4.22. The molecule has 0 saturated carbocycles. The van der Waals surface area contributed by atoms with Gasteiger partial charge in [0.2, 0.25) is 0 Å². The maximum absolute atomic E-state index is 12.6. The first kappa shape index (κ1) is 19.4. The van der Waals surface area contributed by atoms with E-state index in [0.717, 1.165) is 11.1 Å². The van der Waals surface area contributed by atoms with E-state index in [1.165, 1.54) is 4.90 Å². The largest absolute Gasteiger partial charge is 0.483 e. The van der Waals surface area contributed by atoms with E-state index in [-0.39, 0.29) is 24.6 Å². The molecule has 0 saturated heterocycles. The van der Waals surface area contributed by atoms with Crippen molar-refractivity contribution in [2.24, 2.45) is 0 Å². The van der Waals surface area contributed by atoms with Crippen LogP contribution in [-0.2, 0) is 11.3 Å². The minimum Gasteiger partial charge on any atom is -0.483 e. The van der Waals surface area contributed by atoms with E-state index >= 15 is 0 Å². The molecule has 0 bridgehead atoms. The highest BCUT2D eigenvalue weighted by Crippen LogP contribution is 2.29. The topological polar surface area (TPSA) is 75.3 Å². The summed E-state index contributed by atoms with van der Waals surface area (Å²) in [7, 11) is 1.66. The number of hydrogen-bond donors (Lipinski definition) is 1. The Kier molecular flexibility index (Phi) is 5.57. The summed E-state index contributed by atoms with van der Waals surface area (Å²) < 4.78 is 5.82. The maximum atomic E-state index is 12.6. The Labute approximate surface area is 173 Å². The van der Waals surface area contributed by atoms with Gasteiger partial charge in [0.1, 0.15) is 11.6 Å². The fourth-order valence-electron chi connectivity index (χ4n) is 3.22. The van der Waals surface area contributed by atoms with Gasteiger partial charge in [0.15, 0.2) is 6.61 Å². The first-order valence-electron chi connectivity index (χ1n) is 9.61. The van der Waals surface area contributed by atoms with Crippen LogP contribution >= 0.6 is 0 Å². The van der Waals surface area contributed by atoms with Gasteiger partial charge < -0.3 is 14.6 Å². The van der Waals surface area contributed by atoms with Crippen molar-refractivity contribution in [3.05, 3.63) is 95.0 Å². The fourth-order valence-corrected chi connectivity index (χ4v) is 3.22. The molecular formula is C24H21N3O3. The molecule has 6 heteroatoms. The van der Waals surface area contributed by atoms with Crippen LogP contribution < -0.4 is 10.3 Å². The zero-order chi connectivity index (χ0) is 20.9. The van der Waals surface area contributed by atoms with Crippen molar-refractivity contribution in [2.75, 3.05) is 13.7 Å². The number of hydrogen-bond acceptors (Lipinski definition) is 4. The molecule has 3 aromatic carbocycles. The Bertz CT molecular complexity index is 1240. The van der Waals surface area contributed by atoms with Crippen LogP contribution in [0.1, 0.15) is 5.82 Å². The first-order valence-corrected chi connectivity index (χ1v) is 9.61. The van der Waals surface area contributed by atoms with Crippen molar-refractivity contribution in [3.8, 4) is 16.9 Å². The molecule has 0 atom stereocenters. The Morgan fingerprint density at radius 3 is 2.50 bits per heavy atom. The van der Waals surface area contributed by atoms with E-state index in [1.807, 2.05) is 60.7 Å². The average molecular weight is 399 g/mol. The Morgan fingerprint density at radius 2 is 1.67 bits per heavy atom. The highest BCUT2D eigenvalue weighted by Gasteiger charge is 2.14. The van der Waals surface area contributed by atoms with Crippen LogP contribution in [0.3, 0.4) is 0 Å². The molecule has 1 amide bonds. The molecule has 0 aliphatic rings. The van der Waals surface area contributed by atoms with Crippen molar-refractivity contribution in [3.63, 3.8) is 0 Å². The smallest absolute Gasteiger partial charge is 0.260 e. The summed E-state index contributed by atoms with van der Waals surface area (Å²) in [6, 6.07) is 24.6. The molecule has 150 valence electrons. The molecule has 0 fully saturated rings. The summed E-state index contributed by atoms with van der Waals surface area (Å²) in [5.74, 6) is 0.857. The molecule has 6 nitrogen and oxygen atoms in total. The number of likely N-dealkylation sites (N-methyl/N-ethyl adjacent to an activating group) is 1. The van der Waals surface area contributed by atoms with Crippen LogP contribution in [0, 0.1) is 0 Å². The summed E-state index contributed by atoms with van der Waals surface area (Å²) in [6.07, 6.45) is 0. The Balaban J connectivity index is 1.45. The Hall–Kier alpha value is -3.93. The van der Waals surface area contributed by atoms with E-state index in [0.29, 0.717) is 22.5 Å². The minimum atomic E-state index is -0.218. The van der Waals surface area contributed by atoms with E-state index < -0.39 is 0 Å². The summed E-state index contributed by atoms with van der Waals surface area (Å²) in [5.41, 5.74) is 2.33. The van der Waals surface area contributed by atoms with Crippen LogP contribution in [0.5, 0.6) is 5.75 Å². The molecule has 30 heavy (non-hydrogen) atoms. The van der Waals surface area contributed by atoms with E-state index in [2.05, 4.69) is 9.97 Å². The quantitative estimate of drug-likeness (QED) is 0.537. The Morgan fingerprint density at radius 1 is 0.967 bits per heavy atom. The van der Waals surface area contributed by atoms with Crippen LogP contribution in [0.15, 0.2) is 83.7 Å². The maximum Gasteiger partial charge on any atom is 0.260 e. The molecular weight excluding hydrogens is 378 g/mol. The fraction of sp³-hybridized carbons (Fsp3) is 0.125. The number of aromatic nitrogens is 2. The summed E-state index contributed by atoms with van der Waals surface area (Å²) >= 11 is 0. The average Bonchev–Trinajstić information content (AvgIpc) is 2.78. The van der Waals surface area contributed by atoms with E-state index in [9.17, 15) is 9.59 Å². The van der Waals surface area contributed by atoms with Gasteiger partial charge in [-0.3, -0.25) is 9.59 Å². The number of rotatable bonds is 6. The number of aromatic amines is 1. The second-order valence-electron chi connectivity index (χ2n) is 6.93. The normalized spacial score (nSPS) is 10.7. The van der Waals surface area contributed by atoms with Gasteiger partial charge in [0, 0.05) is 12.6 Å². The molecule has 1 N–H and O–H groups in total. The third-order valence-corrected chi connectivity index (χ3v) is 4.80. The second-order valence-corrected chi connectivity index (χ2v) is 6.93. The van der Waals surface area contributed by atoms with Crippen LogP contribution in [0.25, 0.3) is 22.0 Å². The predicted octanol–water partition coefficient (Wildman–Crippen LogP) is 3.63. The van der Waals surface area contributed by atoms with Crippen molar-refractivity contribution >= 4 is 16.8 Å². The number of fused-ring (bicyclic) bond motifs is 1. The number of carbonyl (C=O) groups is 1. The highest BCUT2D eigenvalue weighted by atomic mass is 16.5. The summed E-state index contributed by atoms with van der Waals surface area (Å²) in [5, 5.41) is 0.524. The zero-order valence-corrected chi connectivity index (χ0v) is 16.5. The van der Waals surface area contributed by atoms with Gasteiger partial charge in [-0.1, -0.05) is 60.7 Å². The van der Waals surface area contributed by atoms with Crippen molar-refractivity contribution < 1.29 is 9.53 Å². The highest BCUT2D eigenvalue weighted by molar-refractivity contribution is 5.79. The van der Waals surface area contributed by atoms with Crippen molar-refractivity contribution in [1.82, 2.24) is 14.9 Å². The molecule has 1 aromatic heterocycles. The SMILES string of the molecule is CN(Cc1nc2ccccc2c(=O)[nH]1)C(=O)COc1ccccc1-c1ccccc1. The number of carbonyl (C=O) groups excluding carboxylic acids is 1. The molecule has 0 aliphatic carbocycles. The van der Waals surface area contributed by atoms with Gasteiger partial charge in [-0.05, 0) is 23.8 Å². The van der Waals surface area contributed by atoms with Gasteiger partial charge in [-0.2, -0.15) is 0 Å². The lowest BCUT2D eigenvalue weighted by molar-refractivity contribution is -0.132. The molecule has 0 spiro atoms. The van der Waals surface area contributed by atoms with Crippen molar-refractivity contribution in [2.45, 2.75) is 6.54 Å². The number of benzene rings is 3. The number of H-pyrrole nitrogens is 1. The van der Waals surface area contributed by atoms with E-state index in [1.54, 1.807) is 25.2 Å². The van der Waals surface area contributed by atoms with Gasteiger partial charge in [0.25, 0.3) is 11.5 Å². The lowest BCUT2D eigenvalue weighted by Gasteiger charge is -2.18. The van der Waals surface area contributed by atoms with Crippen LogP contribution in [-0.4, -0.2) is 34.4 Å². The lowest BCUT2D eigenvalue weighted by Crippen LogP contribution is -2.32. The number of amides is 1. The monoisotopic (exact) mass is 399 g/mol. The van der Waals surface area contributed by atoms with Crippen LogP contribution in [0.4, 0.5) is 0 Å². The van der Waals surface area contributed by atoms with Gasteiger partial charge in [-0.25, -0.2) is 4.98 Å². The molecule has 1 heterocycles. The molecule has 4 aromatic rings. The van der Waals surface area contributed by atoms with Gasteiger partial charge in [-0.15, -0.1) is 0 Å². The number of nitrogens with zero attached hydrogens (tertiary/aromatic N) is 2. The molecule has 4 rings (SSSR count).